The number of aromatic amines is 1. The van der Waals surface area contributed by atoms with Gasteiger partial charge in [-0.3, -0.25) is 0 Å². The van der Waals surface area contributed by atoms with Gasteiger partial charge in [-0.15, -0.1) is 11.3 Å². The summed E-state index contributed by atoms with van der Waals surface area (Å²) in [6, 6.07) is 13.0. The van der Waals surface area contributed by atoms with E-state index in [1.165, 1.54) is 23.5 Å². The number of fused-ring (bicyclic) bond motifs is 1. The maximum Gasteiger partial charge on any atom is 0.416 e. The van der Waals surface area contributed by atoms with Crippen molar-refractivity contribution in [3.8, 4) is 16.3 Å². The topological polar surface area (TPSA) is 37.9 Å². The van der Waals surface area contributed by atoms with Crippen LogP contribution in [0.2, 0.25) is 0 Å². The lowest BCUT2D eigenvalue weighted by molar-refractivity contribution is -0.137. The van der Waals surface area contributed by atoms with Crippen molar-refractivity contribution < 1.29 is 17.9 Å². The summed E-state index contributed by atoms with van der Waals surface area (Å²) >= 11 is 1.45. The molecule has 0 saturated carbocycles. The first-order valence-corrected chi connectivity index (χ1v) is 10.3. The number of ether oxygens (including phenoxy) is 1. The van der Waals surface area contributed by atoms with Crippen LogP contribution in [0.4, 0.5) is 13.2 Å². The molecule has 1 N–H and O–H groups in total. The van der Waals surface area contributed by atoms with E-state index >= 15 is 0 Å². The van der Waals surface area contributed by atoms with Crippen LogP contribution in [0, 0.1) is 0 Å². The van der Waals surface area contributed by atoms with Crippen LogP contribution in [0.5, 0.6) is 5.75 Å². The minimum Gasteiger partial charge on any atom is -0.488 e. The van der Waals surface area contributed by atoms with Crippen LogP contribution in [0.25, 0.3) is 21.5 Å². The fourth-order valence-electron chi connectivity index (χ4n) is 3.23. The van der Waals surface area contributed by atoms with Gasteiger partial charge in [-0.25, -0.2) is 4.98 Å². The largest absolute Gasteiger partial charge is 0.488 e. The van der Waals surface area contributed by atoms with Gasteiger partial charge in [0.25, 0.3) is 0 Å². The molecule has 0 atom stereocenters. The summed E-state index contributed by atoms with van der Waals surface area (Å²) in [4.78, 5) is 8.86. The highest BCUT2D eigenvalue weighted by molar-refractivity contribution is 7.15. The molecule has 0 radical (unpaired) electrons. The van der Waals surface area contributed by atoms with Crippen LogP contribution in [0.1, 0.15) is 36.9 Å². The molecule has 0 unspecified atom stereocenters. The Labute approximate surface area is 176 Å². The summed E-state index contributed by atoms with van der Waals surface area (Å²) in [5.74, 6) is 0.756. The second-order valence-electron chi connectivity index (χ2n) is 8.13. The first-order chi connectivity index (χ1) is 14.1. The van der Waals surface area contributed by atoms with Gasteiger partial charge >= 0.3 is 6.18 Å². The average molecular weight is 430 g/mol. The van der Waals surface area contributed by atoms with Crippen molar-refractivity contribution in [1.82, 2.24) is 9.97 Å². The Morgan fingerprint density at radius 1 is 1.00 bits per heavy atom. The summed E-state index contributed by atoms with van der Waals surface area (Å²) in [6.07, 6.45) is -2.47. The summed E-state index contributed by atoms with van der Waals surface area (Å²) in [5, 5.41) is 1.76. The molecule has 4 aromatic rings. The summed E-state index contributed by atoms with van der Waals surface area (Å²) in [6.45, 7) is 6.54. The van der Waals surface area contributed by atoms with Crippen molar-refractivity contribution in [3.05, 3.63) is 70.9 Å². The summed E-state index contributed by atoms with van der Waals surface area (Å²) in [5.41, 5.74) is 1.72. The molecule has 0 fully saturated rings. The van der Waals surface area contributed by atoms with Gasteiger partial charge in [-0.2, -0.15) is 13.2 Å². The second-order valence-corrected chi connectivity index (χ2v) is 9.21. The van der Waals surface area contributed by atoms with Crippen LogP contribution in [-0.2, 0) is 18.2 Å². The Balaban J connectivity index is 1.61. The van der Waals surface area contributed by atoms with E-state index in [9.17, 15) is 13.2 Å². The molecular weight excluding hydrogens is 409 g/mol. The Kier molecular flexibility index (Phi) is 5.10. The van der Waals surface area contributed by atoms with Gasteiger partial charge in [0, 0.05) is 28.1 Å². The van der Waals surface area contributed by atoms with E-state index < -0.39 is 11.7 Å². The van der Waals surface area contributed by atoms with E-state index in [1.54, 1.807) is 0 Å². The van der Waals surface area contributed by atoms with Crippen LogP contribution >= 0.6 is 11.3 Å². The Hall–Kier alpha value is -2.80. The minimum atomic E-state index is -4.35. The molecule has 2 aromatic heterocycles. The molecule has 2 aromatic carbocycles. The molecule has 2 heterocycles. The highest BCUT2D eigenvalue weighted by Gasteiger charge is 2.30. The molecule has 0 aliphatic heterocycles. The van der Waals surface area contributed by atoms with E-state index in [0.717, 1.165) is 39.4 Å². The fourth-order valence-corrected chi connectivity index (χ4v) is 4.42. The number of H-pyrrole nitrogens is 1. The monoisotopic (exact) mass is 430 g/mol. The number of nitrogens with zero attached hydrogens (tertiary/aromatic N) is 1. The number of hydrogen-bond acceptors (Lipinski definition) is 3. The van der Waals surface area contributed by atoms with Crippen molar-refractivity contribution in [1.29, 1.82) is 0 Å². The smallest absolute Gasteiger partial charge is 0.416 e. The first kappa shape index (κ1) is 20.5. The number of halogens is 3. The third-order valence-electron chi connectivity index (χ3n) is 4.76. The SMILES string of the molecule is CC(C)(C)c1nc(-c2ccc(C(F)(F)F)cc2)sc1COc1ccc2[nH]ccc2c1. The van der Waals surface area contributed by atoms with Crippen LogP contribution in [-0.4, -0.2) is 9.97 Å². The lowest BCUT2D eigenvalue weighted by Gasteiger charge is -2.17. The van der Waals surface area contributed by atoms with Gasteiger partial charge < -0.3 is 9.72 Å². The standard InChI is InChI=1S/C23H21F3N2OS/c1-22(2,3)20-19(13-29-17-8-9-18-15(12-17)10-11-27-18)30-21(28-20)14-4-6-16(7-5-14)23(24,25)26/h4-12,27H,13H2,1-3H3. The average Bonchev–Trinajstić information content (AvgIpc) is 3.32. The lowest BCUT2D eigenvalue weighted by Crippen LogP contribution is -2.15. The van der Waals surface area contributed by atoms with E-state index in [0.29, 0.717) is 17.2 Å². The van der Waals surface area contributed by atoms with E-state index in [2.05, 4.69) is 25.8 Å². The van der Waals surface area contributed by atoms with Gasteiger partial charge in [0.05, 0.1) is 16.1 Å². The highest BCUT2D eigenvalue weighted by Crippen LogP contribution is 2.37. The molecule has 0 spiro atoms. The Bertz CT molecular complexity index is 1170. The molecule has 0 aliphatic carbocycles. The third kappa shape index (κ3) is 4.21. The van der Waals surface area contributed by atoms with Gasteiger partial charge in [-0.05, 0) is 36.4 Å². The molecule has 156 valence electrons. The van der Waals surface area contributed by atoms with E-state index in [-0.39, 0.29) is 5.41 Å². The molecule has 3 nitrogen and oxygen atoms in total. The summed E-state index contributed by atoms with van der Waals surface area (Å²) < 4.78 is 44.6. The number of thiazole rings is 1. The zero-order valence-corrected chi connectivity index (χ0v) is 17.6. The number of alkyl halides is 3. The van der Waals surface area contributed by atoms with Crippen LogP contribution < -0.4 is 4.74 Å². The van der Waals surface area contributed by atoms with Crippen molar-refractivity contribution in [2.45, 2.75) is 39.0 Å². The zero-order chi connectivity index (χ0) is 21.5. The molecule has 0 bridgehead atoms. The van der Waals surface area contributed by atoms with Gasteiger partial charge in [0.1, 0.15) is 17.4 Å². The quantitative estimate of drug-likeness (QED) is 0.372. The van der Waals surface area contributed by atoms with Crippen molar-refractivity contribution >= 4 is 22.2 Å². The third-order valence-corrected chi connectivity index (χ3v) is 5.84. The van der Waals surface area contributed by atoms with E-state index in [4.69, 9.17) is 9.72 Å². The maximum absolute atomic E-state index is 12.9. The predicted octanol–water partition coefficient (Wildman–Crippen LogP) is 7.19. The van der Waals surface area contributed by atoms with Crippen molar-refractivity contribution in [2.24, 2.45) is 0 Å². The minimum absolute atomic E-state index is 0.218. The number of aromatic nitrogens is 2. The van der Waals surface area contributed by atoms with Gasteiger partial charge in [-0.1, -0.05) is 32.9 Å². The predicted molar refractivity (Wildman–Crippen MR) is 114 cm³/mol. The molecule has 7 heteroatoms. The highest BCUT2D eigenvalue weighted by atomic mass is 32.1. The fraction of sp³-hybridized carbons (Fsp3) is 0.261. The van der Waals surface area contributed by atoms with Crippen molar-refractivity contribution in [2.75, 3.05) is 0 Å². The number of benzene rings is 2. The Morgan fingerprint density at radius 2 is 1.73 bits per heavy atom. The number of nitrogens with one attached hydrogen (secondary N) is 1. The van der Waals surface area contributed by atoms with E-state index in [1.807, 2.05) is 30.5 Å². The van der Waals surface area contributed by atoms with Crippen LogP contribution in [0.15, 0.2) is 54.7 Å². The lowest BCUT2D eigenvalue weighted by atomic mass is 9.91. The molecular formula is C23H21F3N2OS. The first-order valence-electron chi connectivity index (χ1n) is 9.49. The molecule has 0 amide bonds. The molecule has 30 heavy (non-hydrogen) atoms. The van der Waals surface area contributed by atoms with Crippen molar-refractivity contribution in [3.63, 3.8) is 0 Å². The second kappa shape index (κ2) is 7.47. The maximum atomic E-state index is 12.9. The molecule has 0 saturated heterocycles. The van der Waals surface area contributed by atoms with Gasteiger partial charge in [0.2, 0.25) is 0 Å². The van der Waals surface area contributed by atoms with Gasteiger partial charge in [0.15, 0.2) is 0 Å². The molecule has 4 rings (SSSR count). The zero-order valence-electron chi connectivity index (χ0n) is 16.8. The number of hydrogen-bond donors (Lipinski definition) is 1. The Morgan fingerprint density at radius 3 is 2.40 bits per heavy atom. The summed E-state index contributed by atoms with van der Waals surface area (Å²) in [7, 11) is 0. The number of rotatable bonds is 4. The normalized spacial score (nSPS) is 12.5. The molecule has 0 aliphatic rings. The van der Waals surface area contributed by atoms with Crippen LogP contribution in [0.3, 0.4) is 0 Å².